The van der Waals surface area contributed by atoms with Crippen LogP contribution < -0.4 is 5.32 Å². The van der Waals surface area contributed by atoms with Gasteiger partial charge in [-0.15, -0.1) is 0 Å². The highest BCUT2D eigenvalue weighted by atomic mass is 19.1. The quantitative estimate of drug-likeness (QED) is 0.713. The fourth-order valence-corrected chi connectivity index (χ4v) is 3.38. The Labute approximate surface area is 173 Å². The molecule has 0 unspecified atom stereocenters. The maximum absolute atomic E-state index is 13.1. The summed E-state index contributed by atoms with van der Waals surface area (Å²) in [4.78, 5) is 25.5. The van der Waals surface area contributed by atoms with Gasteiger partial charge in [0.2, 0.25) is 5.91 Å². The number of carbonyl (C=O) groups excluding carboxylic acids is 1. The van der Waals surface area contributed by atoms with E-state index in [-0.39, 0.29) is 24.2 Å². The van der Waals surface area contributed by atoms with E-state index in [1.54, 1.807) is 30.6 Å². The zero-order valence-corrected chi connectivity index (χ0v) is 16.3. The second kappa shape index (κ2) is 8.21. The summed E-state index contributed by atoms with van der Waals surface area (Å²) in [6.07, 6.45) is 3.50. The number of hydrogen-bond donors (Lipinski definition) is 1. The van der Waals surface area contributed by atoms with Crippen LogP contribution in [0.5, 0.6) is 0 Å². The van der Waals surface area contributed by atoms with Gasteiger partial charge in [0.25, 0.3) is 0 Å². The number of nitrogens with one attached hydrogen (secondary N) is 1. The van der Waals surface area contributed by atoms with Crippen molar-refractivity contribution >= 4 is 11.6 Å². The molecule has 6 nitrogen and oxygen atoms in total. The van der Waals surface area contributed by atoms with E-state index < -0.39 is 0 Å². The van der Waals surface area contributed by atoms with Crippen molar-refractivity contribution < 1.29 is 9.18 Å². The number of amides is 1. The van der Waals surface area contributed by atoms with Gasteiger partial charge in [0.1, 0.15) is 17.6 Å². The van der Waals surface area contributed by atoms with E-state index in [4.69, 9.17) is 5.26 Å². The maximum Gasteiger partial charge on any atom is 0.226 e. The van der Waals surface area contributed by atoms with Crippen LogP contribution in [0.3, 0.4) is 0 Å². The summed E-state index contributed by atoms with van der Waals surface area (Å²) in [5.41, 5.74) is 5.37. The van der Waals surface area contributed by atoms with Crippen molar-refractivity contribution in [3.8, 4) is 6.07 Å². The number of nitriles is 1. The predicted octanol–water partition coefficient (Wildman–Crippen LogP) is 3.26. The first kappa shape index (κ1) is 19.4. The Morgan fingerprint density at radius 2 is 2.00 bits per heavy atom. The minimum atomic E-state index is -0.307. The van der Waals surface area contributed by atoms with Crippen molar-refractivity contribution in [1.82, 2.24) is 15.3 Å². The molecule has 2 aromatic heterocycles. The molecule has 0 radical (unpaired) electrons. The van der Waals surface area contributed by atoms with Crippen molar-refractivity contribution in [3.63, 3.8) is 0 Å². The molecule has 0 spiro atoms. The standard InChI is InChI=1S/C23H18FN5O/c1-14(15-2-5-18(24)6-3-15)29-22(30)9-20-8-17-12-28-23(21(17)13-27-20)16-4-7-19(10-25)26-11-16/h2-8,11,13-14H,9,12H2,1H3,(H,29,30)/t14-/m1/s1. The van der Waals surface area contributed by atoms with Crippen molar-refractivity contribution in [1.29, 1.82) is 5.26 Å². The highest BCUT2D eigenvalue weighted by Crippen LogP contribution is 2.23. The van der Waals surface area contributed by atoms with Gasteiger partial charge in [0.15, 0.2) is 0 Å². The summed E-state index contributed by atoms with van der Waals surface area (Å²) in [7, 11) is 0. The van der Waals surface area contributed by atoms with Crippen LogP contribution in [0.2, 0.25) is 0 Å². The molecule has 3 heterocycles. The molecular weight excluding hydrogens is 381 g/mol. The van der Waals surface area contributed by atoms with E-state index in [1.807, 2.05) is 25.1 Å². The van der Waals surface area contributed by atoms with Crippen LogP contribution in [0, 0.1) is 17.1 Å². The van der Waals surface area contributed by atoms with Gasteiger partial charge in [-0.05, 0) is 48.4 Å². The van der Waals surface area contributed by atoms with Crippen molar-refractivity contribution in [2.24, 2.45) is 4.99 Å². The Hall–Kier alpha value is -3.92. The maximum atomic E-state index is 13.1. The first-order chi connectivity index (χ1) is 14.5. The number of aromatic nitrogens is 2. The fourth-order valence-electron chi connectivity index (χ4n) is 3.38. The number of fused-ring (bicyclic) bond motifs is 1. The zero-order chi connectivity index (χ0) is 21.1. The molecule has 4 rings (SSSR count). The van der Waals surface area contributed by atoms with E-state index in [0.29, 0.717) is 17.9 Å². The largest absolute Gasteiger partial charge is 0.349 e. The second-order valence-corrected chi connectivity index (χ2v) is 7.06. The summed E-state index contributed by atoms with van der Waals surface area (Å²) in [5.74, 6) is -0.465. The molecule has 0 bridgehead atoms. The Morgan fingerprint density at radius 1 is 1.20 bits per heavy atom. The number of pyridine rings is 2. The van der Waals surface area contributed by atoms with Crippen LogP contribution in [-0.4, -0.2) is 21.6 Å². The molecular formula is C23H18FN5O. The van der Waals surface area contributed by atoms with Crippen LogP contribution in [0.4, 0.5) is 4.39 Å². The van der Waals surface area contributed by atoms with Crippen LogP contribution in [-0.2, 0) is 17.8 Å². The van der Waals surface area contributed by atoms with Crippen molar-refractivity contribution in [3.05, 3.63) is 94.3 Å². The molecule has 1 aliphatic heterocycles. The van der Waals surface area contributed by atoms with Crippen LogP contribution >= 0.6 is 0 Å². The number of nitrogens with zero attached hydrogens (tertiary/aromatic N) is 4. The van der Waals surface area contributed by atoms with Crippen LogP contribution in [0.1, 0.15) is 46.6 Å². The molecule has 0 saturated heterocycles. The number of halogens is 1. The number of hydrogen-bond acceptors (Lipinski definition) is 5. The third kappa shape index (κ3) is 4.08. The molecule has 1 atom stereocenters. The first-order valence-corrected chi connectivity index (χ1v) is 9.47. The SMILES string of the molecule is C[C@@H](NC(=O)Cc1cc2c(cn1)C(c1ccc(C#N)nc1)=NC2)c1ccc(F)cc1. The summed E-state index contributed by atoms with van der Waals surface area (Å²) in [6, 6.07) is 13.2. The smallest absolute Gasteiger partial charge is 0.226 e. The average Bonchev–Trinajstić information content (AvgIpc) is 3.17. The Bertz CT molecular complexity index is 1160. The normalized spacial score (nSPS) is 13.2. The van der Waals surface area contributed by atoms with Gasteiger partial charge in [-0.2, -0.15) is 5.26 Å². The summed E-state index contributed by atoms with van der Waals surface area (Å²) in [5, 5.41) is 11.8. The average molecular weight is 399 g/mol. The fraction of sp³-hybridized carbons (Fsp3) is 0.174. The van der Waals surface area contributed by atoms with Crippen molar-refractivity contribution in [2.75, 3.05) is 0 Å². The lowest BCUT2D eigenvalue weighted by Gasteiger charge is -2.14. The highest BCUT2D eigenvalue weighted by Gasteiger charge is 2.20. The number of rotatable bonds is 5. The van der Waals surface area contributed by atoms with Gasteiger partial charge < -0.3 is 5.32 Å². The number of benzene rings is 1. The zero-order valence-electron chi connectivity index (χ0n) is 16.3. The second-order valence-electron chi connectivity index (χ2n) is 7.06. The highest BCUT2D eigenvalue weighted by molar-refractivity contribution is 6.14. The molecule has 1 N–H and O–H groups in total. The molecule has 30 heavy (non-hydrogen) atoms. The Morgan fingerprint density at radius 3 is 2.70 bits per heavy atom. The first-order valence-electron chi connectivity index (χ1n) is 9.47. The lowest BCUT2D eigenvalue weighted by Crippen LogP contribution is -2.28. The molecule has 0 aliphatic carbocycles. The molecule has 1 aromatic carbocycles. The number of carbonyl (C=O) groups is 1. The monoisotopic (exact) mass is 399 g/mol. The van der Waals surface area contributed by atoms with E-state index >= 15 is 0 Å². The van der Waals surface area contributed by atoms with Gasteiger partial charge in [-0.3, -0.25) is 14.8 Å². The lowest BCUT2D eigenvalue weighted by atomic mass is 10.0. The van der Waals surface area contributed by atoms with E-state index in [2.05, 4.69) is 20.3 Å². The Kier molecular flexibility index (Phi) is 5.31. The third-order valence-electron chi connectivity index (χ3n) is 4.95. The van der Waals surface area contributed by atoms with Crippen molar-refractivity contribution in [2.45, 2.75) is 25.9 Å². The van der Waals surface area contributed by atoms with Gasteiger partial charge >= 0.3 is 0 Å². The van der Waals surface area contributed by atoms with E-state index in [9.17, 15) is 9.18 Å². The predicted molar refractivity (Wildman–Crippen MR) is 109 cm³/mol. The molecule has 0 fully saturated rings. The number of aliphatic imine (C=N–C) groups is 1. The van der Waals surface area contributed by atoms with Gasteiger partial charge in [-0.1, -0.05) is 12.1 Å². The van der Waals surface area contributed by atoms with Gasteiger partial charge in [-0.25, -0.2) is 9.37 Å². The summed E-state index contributed by atoms with van der Waals surface area (Å²) < 4.78 is 13.1. The third-order valence-corrected chi connectivity index (χ3v) is 4.95. The summed E-state index contributed by atoms with van der Waals surface area (Å²) in [6.45, 7) is 2.36. The minimum Gasteiger partial charge on any atom is -0.349 e. The minimum absolute atomic E-state index is 0.145. The van der Waals surface area contributed by atoms with E-state index in [0.717, 1.165) is 28.0 Å². The Balaban J connectivity index is 1.43. The molecule has 1 amide bonds. The lowest BCUT2D eigenvalue weighted by molar-refractivity contribution is -0.121. The molecule has 148 valence electrons. The van der Waals surface area contributed by atoms with E-state index in [1.165, 1.54) is 12.1 Å². The molecule has 1 aliphatic rings. The van der Waals surface area contributed by atoms with Gasteiger partial charge in [0.05, 0.1) is 30.4 Å². The van der Waals surface area contributed by atoms with Gasteiger partial charge in [0, 0.05) is 23.5 Å². The van der Waals surface area contributed by atoms with Crippen LogP contribution in [0.25, 0.3) is 0 Å². The summed E-state index contributed by atoms with van der Waals surface area (Å²) >= 11 is 0. The molecule has 7 heteroatoms. The molecule has 3 aromatic rings. The van der Waals surface area contributed by atoms with Crippen LogP contribution in [0.15, 0.2) is 59.9 Å². The topological polar surface area (TPSA) is 91.0 Å². The molecule has 0 saturated carbocycles.